The lowest BCUT2D eigenvalue weighted by molar-refractivity contribution is -0.137. The van der Waals surface area contributed by atoms with Crippen LogP contribution in [0.1, 0.15) is 11.1 Å². The van der Waals surface area contributed by atoms with Gasteiger partial charge in [0.25, 0.3) is 0 Å². The Morgan fingerprint density at radius 2 is 1.77 bits per heavy atom. The minimum Gasteiger partial charge on any atom is -0.478 e. The fourth-order valence-corrected chi connectivity index (χ4v) is 2.20. The van der Waals surface area contributed by atoms with Crippen LogP contribution in [0, 0.1) is 0 Å². The summed E-state index contributed by atoms with van der Waals surface area (Å²) in [6.07, 6.45) is -2.31. The summed E-state index contributed by atoms with van der Waals surface area (Å²) in [7, 11) is 0. The van der Waals surface area contributed by atoms with Gasteiger partial charge in [-0.05, 0) is 35.4 Å². The molecule has 6 heteroatoms. The van der Waals surface area contributed by atoms with Gasteiger partial charge in [-0.2, -0.15) is 13.2 Å². The number of hydrogen-bond donors (Lipinski definition) is 1. The quantitative estimate of drug-likeness (QED) is 0.794. The molecule has 0 fully saturated rings. The second-order valence-corrected chi connectivity index (χ2v) is 4.86. The van der Waals surface area contributed by atoms with Crippen LogP contribution in [0.3, 0.4) is 0 Å². The first-order valence-electron chi connectivity index (χ1n) is 6.16. The largest absolute Gasteiger partial charge is 0.478 e. The van der Waals surface area contributed by atoms with Gasteiger partial charge in [0.2, 0.25) is 0 Å². The fraction of sp³-hybridized carbons (Fsp3) is 0.0625. The number of carboxylic acid groups (broad SMARTS) is 1. The number of aliphatic carboxylic acids is 1. The molecule has 2 nitrogen and oxygen atoms in total. The minimum absolute atomic E-state index is 0.0504. The lowest BCUT2D eigenvalue weighted by Gasteiger charge is -2.14. The summed E-state index contributed by atoms with van der Waals surface area (Å²) in [4.78, 5) is 10.5. The molecule has 0 bridgehead atoms. The molecule has 0 aliphatic heterocycles. The second kappa shape index (κ2) is 6.23. The van der Waals surface area contributed by atoms with Gasteiger partial charge in [0.1, 0.15) is 0 Å². The maximum absolute atomic E-state index is 13.1. The summed E-state index contributed by atoms with van der Waals surface area (Å²) in [5.41, 5.74) is -0.206. The maximum Gasteiger partial charge on any atom is 0.417 e. The predicted octanol–water partition coefficient (Wildman–Crippen LogP) is 5.12. The van der Waals surface area contributed by atoms with E-state index >= 15 is 0 Å². The Morgan fingerprint density at radius 3 is 2.41 bits per heavy atom. The molecule has 1 N–H and O–H groups in total. The topological polar surface area (TPSA) is 37.3 Å². The minimum atomic E-state index is -4.51. The van der Waals surface area contributed by atoms with Crippen LogP contribution >= 0.6 is 11.6 Å². The van der Waals surface area contributed by atoms with E-state index in [-0.39, 0.29) is 16.1 Å². The summed E-state index contributed by atoms with van der Waals surface area (Å²) in [5, 5.41) is 8.76. The van der Waals surface area contributed by atoms with E-state index in [1.165, 1.54) is 42.5 Å². The lowest BCUT2D eigenvalue weighted by atomic mass is 9.97. The first kappa shape index (κ1) is 16.1. The Labute approximate surface area is 129 Å². The third-order valence-corrected chi connectivity index (χ3v) is 3.26. The van der Waals surface area contributed by atoms with Crippen molar-refractivity contribution in [2.45, 2.75) is 6.18 Å². The van der Waals surface area contributed by atoms with Gasteiger partial charge in [0, 0.05) is 16.7 Å². The van der Waals surface area contributed by atoms with Crippen LogP contribution in [0.4, 0.5) is 13.2 Å². The van der Waals surface area contributed by atoms with Crippen LogP contribution in [0.15, 0.2) is 48.5 Å². The van der Waals surface area contributed by atoms with Gasteiger partial charge in [0.15, 0.2) is 0 Å². The van der Waals surface area contributed by atoms with Crippen molar-refractivity contribution in [1.82, 2.24) is 0 Å². The molecule has 0 unspecified atom stereocenters. The van der Waals surface area contributed by atoms with E-state index < -0.39 is 17.7 Å². The molecule has 0 spiro atoms. The lowest BCUT2D eigenvalue weighted by Crippen LogP contribution is -2.07. The van der Waals surface area contributed by atoms with Gasteiger partial charge in [-0.25, -0.2) is 4.79 Å². The van der Waals surface area contributed by atoms with E-state index in [1.807, 2.05) is 0 Å². The van der Waals surface area contributed by atoms with Crippen LogP contribution in [0.25, 0.3) is 17.2 Å². The molecule has 0 aliphatic carbocycles. The monoisotopic (exact) mass is 326 g/mol. The van der Waals surface area contributed by atoms with Crippen molar-refractivity contribution in [1.29, 1.82) is 0 Å². The first-order valence-corrected chi connectivity index (χ1v) is 6.54. The number of alkyl halides is 3. The van der Waals surface area contributed by atoms with E-state index in [4.69, 9.17) is 16.7 Å². The van der Waals surface area contributed by atoms with E-state index in [2.05, 4.69) is 0 Å². The molecule has 0 atom stereocenters. The average molecular weight is 327 g/mol. The summed E-state index contributed by atoms with van der Waals surface area (Å²) in [6.45, 7) is 0. The number of benzene rings is 2. The molecule has 0 aliphatic rings. The molecular weight excluding hydrogens is 317 g/mol. The van der Waals surface area contributed by atoms with E-state index in [0.29, 0.717) is 5.56 Å². The van der Waals surface area contributed by atoms with Gasteiger partial charge >= 0.3 is 12.1 Å². The molecule has 0 saturated heterocycles. The molecule has 0 radical (unpaired) electrons. The molecule has 0 aromatic heterocycles. The second-order valence-electron chi connectivity index (χ2n) is 4.45. The zero-order valence-corrected chi connectivity index (χ0v) is 11.8. The van der Waals surface area contributed by atoms with Gasteiger partial charge < -0.3 is 5.11 Å². The maximum atomic E-state index is 13.1. The predicted molar refractivity (Wildman–Crippen MR) is 78.6 cm³/mol. The number of carbonyl (C=O) groups is 1. The third kappa shape index (κ3) is 3.68. The van der Waals surface area contributed by atoms with Crippen molar-refractivity contribution in [3.8, 4) is 11.1 Å². The van der Waals surface area contributed by atoms with Crippen molar-refractivity contribution in [2.75, 3.05) is 0 Å². The van der Waals surface area contributed by atoms with Crippen LogP contribution in [0.5, 0.6) is 0 Å². The van der Waals surface area contributed by atoms with E-state index in [9.17, 15) is 18.0 Å². The molecule has 2 aromatic carbocycles. The highest BCUT2D eigenvalue weighted by atomic mass is 35.5. The van der Waals surface area contributed by atoms with Crippen LogP contribution < -0.4 is 0 Å². The molecule has 2 rings (SSSR count). The van der Waals surface area contributed by atoms with Gasteiger partial charge in [-0.3, -0.25) is 0 Å². The Balaban J connectivity index is 2.58. The Kier molecular flexibility index (Phi) is 4.56. The Morgan fingerprint density at radius 1 is 1.09 bits per heavy atom. The van der Waals surface area contributed by atoms with Gasteiger partial charge in [-0.1, -0.05) is 35.9 Å². The highest BCUT2D eigenvalue weighted by Crippen LogP contribution is 2.39. The van der Waals surface area contributed by atoms with Crippen LogP contribution in [0.2, 0.25) is 5.02 Å². The standard InChI is InChI=1S/C16H10ClF3O2/c17-14-7-5-10(6-8-15(21)22)9-12(14)11-3-1-2-4-13(11)16(18,19)20/h1-9H,(H,21,22)/b8-6+. The molecule has 0 saturated carbocycles. The van der Waals surface area contributed by atoms with Crippen molar-refractivity contribution in [3.63, 3.8) is 0 Å². The Bertz CT molecular complexity index is 736. The summed E-state index contributed by atoms with van der Waals surface area (Å²) in [5.74, 6) is -1.15. The van der Waals surface area contributed by atoms with E-state index in [0.717, 1.165) is 12.1 Å². The molecule has 0 heterocycles. The van der Waals surface area contributed by atoms with Crippen LogP contribution in [-0.2, 0) is 11.0 Å². The summed E-state index contributed by atoms with van der Waals surface area (Å²) in [6, 6.07) is 9.48. The first-order chi connectivity index (χ1) is 10.3. The van der Waals surface area contributed by atoms with Crippen molar-refractivity contribution in [3.05, 3.63) is 64.7 Å². The Hall–Kier alpha value is -2.27. The van der Waals surface area contributed by atoms with Crippen molar-refractivity contribution >= 4 is 23.6 Å². The molecule has 22 heavy (non-hydrogen) atoms. The van der Waals surface area contributed by atoms with Crippen molar-refractivity contribution in [2.24, 2.45) is 0 Å². The number of halogens is 4. The number of hydrogen-bond acceptors (Lipinski definition) is 1. The zero-order valence-electron chi connectivity index (χ0n) is 11.1. The third-order valence-electron chi connectivity index (χ3n) is 2.93. The van der Waals surface area contributed by atoms with E-state index in [1.54, 1.807) is 0 Å². The van der Waals surface area contributed by atoms with Crippen molar-refractivity contribution < 1.29 is 23.1 Å². The summed E-state index contributed by atoms with van der Waals surface area (Å²) < 4.78 is 39.3. The fourth-order valence-electron chi connectivity index (χ4n) is 1.99. The zero-order chi connectivity index (χ0) is 16.3. The molecule has 2 aromatic rings. The van der Waals surface area contributed by atoms with Gasteiger partial charge in [-0.15, -0.1) is 0 Å². The SMILES string of the molecule is O=C(O)/C=C/c1ccc(Cl)c(-c2ccccc2C(F)(F)F)c1. The molecular formula is C16H10ClF3O2. The number of carboxylic acids is 1. The highest BCUT2D eigenvalue weighted by molar-refractivity contribution is 6.33. The number of rotatable bonds is 3. The average Bonchev–Trinajstić information content (AvgIpc) is 2.45. The van der Waals surface area contributed by atoms with Crippen LogP contribution in [-0.4, -0.2) is 11.1 Å². The smallest absolute Gasteiger partial charge is 0.417 e. The highest BCUT2D eigenvalue weighted by Gasteiger charge is 2.33. The molecule has 114 valence electrons. The summed E-state index contributed by atoms with van der Waals surface area (Å²) >= 11 is 6.01. The van der Waals surface area contributed by atoms with Gasteiger partial charge in [0.05, 0.1) is 5.56 Å². The molecule has 0 amide bonds. The normalized spacial score (nSPS) is 11.8.